The molecule has 0 radical (unpaired) electrons. The minimum absolute atomic E-state index is 0.0352. The smallest absolute Gasteiger partial charge is 0.253 e. The Morgan fingerprint density at radius 1 is 1.29 bits per heavy atom. The number of nitrogens with one attached hydrogen (secondary N) is 1. The van der Waals surface area contributed by atoms with E-state index < -0.39 is 0 Å². The van der Waals surface area contributed by atoms with Crippen LogP contribution < -0.4 is 5.32 Å². The fourth-order valence-electron chi connectivity index (χ4n) is 1.19. The molecule has 1 aromatic rings. The predicted molar refractivity (Wildman–Crippen MR) is 58.6 cm³/mol. The lowest BCUT2D eigenvalue weighted by molar-refractivity contribution is 0.0827. The van der Waals surface area contributed by atoms with Gasteiger partial charge in [0.2, 0.25) is 0 Å². The molecule has 0 saturated carbocycles. The van der Waals surface area contributed by atoms with Gasteiger partial charge in [-0.25, -0.2) is 0 Å². The quantitative estimate of drug-likeness (QED) is 0.792. The van der Waals surface area contributed by atoms with Crippen molar-refractivity contribution < 1.29 is 4.79 Å². The normalized spacial score (nSPS) is 9.64. The highest BCUT2D eigenvalue weighted by Crippen LogP contribution is 2.10. The molecule has 0 heterocycles. The highest BCUT2D eigenvalue weighted by atomic mass is 16.2. The zero-order valence-corrected chi connectivity index (χ0v) is 8.87. The van der Waals surface area contributed by atoms with Gasteiger partial charge in [0.25, 0.3) is 5.91 Å². The minimum atomic E-state index is 0.0352. The number of rotatable bonds is 3. The maximum atomic E-state index is 11.5. The van der Waals surface area contributed by atoms with Gasteiger partial charge in [0.15, 0.2) is 0 Å². The zero-order valence-electron chi connectivity index (χ0n) is 8.87. The largest absolute Gasteiger partial charge is 0.385 e. The maximum absolute atomic E-state index is 11.5. The van der Waals surface area contributed by atoms with Crippen LogP contribution in [0.4, 0.5) is 5.69 Å². The Bertz CT molecular complexity index is 304. The van der Waals surface area contributed by atoms with Gasteiger partial charge in [-0.15, -0.1) is 0 Å². The van der Waals surface area contributed by atoms with Gasteiger partial charge in [0.1, 0.15) is 0 Å². The van der Waals surface area contributed by atoms with E-state index in [1.807, 2.05) is 31.2 Å². The van der Waals surface area contributed by atoms with Gasteiger partial charge in [0.05, 0.1) is 0 Å². The molecule has 0 aliphatic carbocycles. The molecular formula is C11H16N2O. The number of nitrogens with zero attached hydrogens (tertiary/aromatic N) is 1. The first-order valence-corrected chi connectivity index (χ1v) is 4.70. The van der Waals surface area contributed by atoms with E-state index in [1.165, 1.54) is 0 Å². The second-order valence-corrected chi connectivity index (χ2v) is 3.31. The summed E-state index contributed by atoms with van der Waals surface area (Å²) < 4.78 is 0. The van der Waals surface area contributed by atoms with Crippen LogP contribution in [0.2, 0.25) is 0 Å². The van der Waals surface area contributed by atoms with E-state index in [0.717, 1.165) is 17.8 Å². The summed E-state index contributed by atoms with van der Waals surface area (Å²) in [6, 6.07) is 7.50. The van der Waals surface area contributed by atoms with Crippen molar-refractivity contribution in [3.8, 4) is 0 Å². The van der Waals surface area contributed by atoms with Crippen LogP contribution in [0.1, 0.15) is 17.3 Å². The molecule has 0 aliphatic heterocycles. The van der Waals surface area contributed by atoms with E-state index in [-0.39, 0.29) is 5.91 Å². The number of hydrogen-bond donors (Lipinski definition) is 1. The van der Waals surface area contributed by atoms with E-state index in [9.17, 15) is 4.79 Å². The molecule has 0 fully saturated rings. The number of carbonyl (C=O) groups excluding carboxylic acids is 1. The summed E-state index contributed by atoms with van der Waals surface area (Å²) in [6.45, 7) is 2.93. The number of carbonyl (C=O) groups is 1. The molecule has 0 aromatic heterocycles. The third-order valence-electron chi connectivity index (χ3n) is 1.92. The fraction of sp³-hybridized carbons (Fsp3) is 0.364. The number of benzene rings is 1. The summed E-state index contributed by atoms with van der Waals surface area (Å²) in [5, 5.41) is 3.18. The summed E-state index contributed by atoms with van der Waals surface area (Å²) >= 11 is 0. The molecule has 1 aromatic carbocycles. The van der Waals surface area contributed by atoms with Crippen LogP contribution in [0.3, 0.4) is 0 Å². The zero-order chi connectivity index (χ0) is 10.6. The highest BCUT2D eigenvalue weighted by Gasteiger charge is 2.06. The summed E-state index contributed by atoms with van der Waals surface area (Å²) in [5.41, 5.74) is 1.76. The second kappa shape index (κ2) is 4.65. The molecule has 14 heavy (non-hydrogen) atoms. The van der Waals surface area contributed by atoms with Crippen molar-refractivity contribution in [3.63, 3.8) is 0 Å². The van der Waals surface area contributed by atoms with Crippen LogP contribution in [-0.2, 0) is 0 Å². The monoisotopic (exact) mass is 192 g/mol. The van der Waals surface area contributed by atoms with Crippen LogP contribution >= 0.6 is 0 Å². The van der Waals surface area contributed by atoms with Crippen LogP contribution in [0.25, 0.3) is 0 Å². The van der Waals surface area contributed by atoms with Crippen molar-refractivity contribution in [1.82, 2.24) is 4.90 Å². The predicted octanol–water partition coefficient (Wildman–Crippen LogP) is 1.82. The average Bonchev–Trinajstić information content (AvgIpc) is 2.18. The standard InChI is InChI=1S/C11H16N2O/c1-4-12-10-7-5-9(6-8-10)11(14)13(2)3/h5-8,12H,4H2,1-3H3. The first-order valence-electron chi connectivity index (χ1n) is 4.70. The molecule has 0 bridgehead atoms. The summed E-state index contributed by atoms with van der Waals surface area (Å²) in [4.78, 5) is 13.1. The molecular weight excluding hydrogens is 176 g/mol. The van der Waals surface area contributed by atoms with Crippen molar-refractivity contribution in [2.24, 2.45) is 0 Å². The van der Waals surface area contributed by atoms with Crippen molar-refractivity contribution in [1.29, 1.82) is 0 Å². The fourth-order valence-corrected chi connectivity index (χ4v) is 1.19. The maximum Gasteiger partial charge on any atom is 0.253 e. The van der Waals surface area contributed by atoms with E-state index in [0.29, 0.717) is 0 Å². The van der Waals surface area contributed by atoms with Gasteiger partial charge in [-0.2, -0.15) is 0 Å². The summed E-state index contributed by atoms with van der Waals surface area (Å²) in [7, 11) is 3.50. The van der Waals surface area contributed by atoms with E-state index in [4.69, 9.17) is 0 Å². The molecule has 1 N–H and O–H groups in total. The summed E-state index contributed by atoms with van der Waals surface area (Å²) in [6.07, 6.45) is 0. The lowest BCUT2D eigenvalue weighted by Gasteiger charge is -2.10. The second-order valence-electron chi connectivity index (χ2n) is 3.31. The Kier molecular flexibility index (Phi) is 3.51. The Morgan fingerprint density at radius 2 is 1.86 bits per heavy atom. The van der Waals surface area contributed by atoms with Crippen molar-refractivity contribution >= 4 is 11.6 Å². The van der Waals surface area contributed by atoms with Crippen LogP contribution in [0.15, 0.2) is 24.3 Å². The lowest BCUT2D eigenvalue weighted by Crippen LogP contribution is -2.21. The molecule has 3 nitrogen and oxygen atoms in total. The third kappa shape index (κ3) is 2.49. The Balaban J connectivity index is 2.78. The van der Waals surface area contributed by atoms with Crippen LogP contribution in [0, 0.1) is 0 Å². The lowest BCUT2D eigenvalue weighted by atomic mass is 10.2. The summed E-state index contributed by atoms with van der Waals surface area (Å²) in [5.74, 6) is 0.0352. The molecule has 0 aliphatic rings. The third-order valence-corrected chi connectivity index (χ3v) is 1.92. The van der Waals surface area contributed by atoms with E-state index in [1.54, 1.807) is 19.0 Å². The van der Waals surface area contributed by atoms with Gasteiger partial charge in [-0.3, -0.25) is 4.79 Å². The number of hydrogen-bond acceptors (Lipinski definition) is 2. The highest BCUT2D eigenvalue weighted by molar-refractivity contribution is 5.94. The Labute approximate surface area is 84.7 Å². The van der Waals surface area contributed by atoms with Crippen molar-refractivity contribution in [2.45, 2.75) is 6.92 Å². The SMILES string of the molecule is CCNc1ccc(C(=O)N(C)C)cc1. The van der Waals surface area contributed by atoms with Gasteiger partial charge in [-0.1, -0.05) is 0 Å². The van der Waals surface area contributed by atoms with Gasteiger partial charge >= 0.3 is 0 Å². The molecule has 0 unspecified atom stereocenters. The van der Waals surface area contributed by atoms with E-state index in [2.05, 4.69) is 5.32 Å². The van der Waals surface area contributed by atoms with Gasteiger partial charge in [0, 0.05) is 31.9 Å². The first-order chi connectivity index (χ1) is 6.65. The minimum Gasteiger partial charge on any atom is -0.385 e. The average molecular weight is 192 g/mol. The molecule has 3 heteroatoms. The Morgan fingerprint density at radius 3 is 2.29 bits per heavy atom. The molecule has 1 amide bonds. The molecule has 0 atom stereocenters. The van der Waals surface area contributed by atoms with Gasteiger partial charge in [-0.05, 0) is 31.2 Å². The van der Waals surface area contributed by atoms with Crippen molar-refractivity contribution in [3.05, 3.63) is 29.8 Å². The van der Waals surface area contributed by atoms with Crippen molar-refractivity contribution in [2.75, 3.05) is 26.0 Å². The Hall–Kier alpha value is -1.51. The molecule has 1 rings (SSSR count). The van der Waals surface area contributed by atoms with E-state index >= 15 is 0 Å². The molecule has 76 valence electrons. The van der Waals surface area contributed by atoms with Crippen LogP contribution in [-0.4, -0.2) is 31.4 Å². The van der Waals surface area contributed by atoms with Crippen LogP contribution in [0.5, 0.6) is 0 Å². The molecule has 0 spiro atoms. The molecule has 0 saturated heterocycles. The van der Waals surface area contributed by atoms with Gasteiger partial charge < -0.3 is 10.2 Å². The number of amides is 1. The number of anilines is 1. The topological polar surface area (TPSA) is 32.3 Å². The first kappa shape index (κ1) is 10.6.